The zero-order chi connectivity index (χ0) is 17.7. The van der Waals surface area contributed by atoms with Crippen LogP contribution in [0, 0.1) is 0 Å². The van der Waals surface area contributed by atoms with E-state index in [2.05, 4.69) is 10.0 Å². The number of benzene rings is 1. The lowest BCUT2D eigenvalue weighted by Gasteiger charge is -2.32. The van der Waals surface area contributed by atoms with Gasteiger partial charge in [0.25, 0.3) is 0 Å². The molecule has 1 aromatic rings. The molecule has 9 heteroatoms. The number of piperidine rings is 1. The highest BCUT2D eigenvalue weighted by Gasteiger charge is 2.28. The van der Waals surface area contributed by atoms with Gasteiger partial charge in [-0.3, -0.25) is 0 Å². The number of carbonyl (C=O) groups excluding carboxylic acids is 1. The largest absolute Gasteiger partial charge is 0.479 e. The second kappa shape index (κ2) is 7.63. The molecule has 0 saturated carbocycles. The molecule has 2 amide bonds. The number of aliphatic carboxylic acids is 1. The molecule has 24 heavy (non-hydrogen) atoms. The van der Waals surface area contributed by atoms with E-state index in [4.69, 9.17) is 0 Å². The van der Waals surface area contributed by atoms with Crippen molar-refractivity contribution in [3.63, 3.8) is 0 Å². The first kappa shape index (κ1) is 18.2. The number of urea groups is 1. The molecule has 1 atom stereocenters. The van der Waals surface area contributed by atoms with Gasteiger partial charge in [-0.25, -0.2) is 22.7 Å². The fraction of sp³-hybridized carbons (Fsp3) is 0.467. The number of nitrogens with one attached hydrogen (secondary N) is 2. The van der Waals surface area contributed by atoms with Crippen LogP contribution in [0.1, 0.15) is 24.4 Å². The molecule has 1 fully saturated rings. The third kappa shape index (κ3) is 5.20. The van der Waals surface area contributed by atoms with Crippen molar-refractivity contribution in [2.75, 3.05) is 19.3 Å². The summed E-state index contributed by atoms with van der Waals surface area (Å²) in [6.45, 7) is 0.723. The van der Waals surface area contributed by atoms with Crippen molar-refractivity contribution in [1.29, 1.82) is 0 Å². The molecule has 3 N–H and O–H groups in total. The number of carboxylic acid groups (broad SMARTS) is 1. The lowest BCUT2D eigenvalue weighted by Crippen LogP contribution is -2.50. The summed E-state index contributed by atoms with van der Waals surface area (Å²) in [4.78, 5) is 25.2. The Morgan fingerprint density at radius 1 is 1.21 bits per heavy atom. The normalized spacial score (nSPS) is 17.3. The maximum Gasteiger partial charge on any atom is 0.330 e. The number of sulfonamides is 1. The number of amides is 2. The Balaban J connectivity index is 1.94. The molecule has 1 aromatic carbocycles. The van der Waals surface area contributed by atoms with Crippen molar-refractivity contribution in [2.24, 2.45) is 0 Å². The molecular formula is C15H21N3O5S. The molecule has 1 saturated heterocycles. The van der Waals surface area contributed by atoms with Crippen molar-refractivity contribution in [2.45, 2.75) is 24.9 Å². The topological polar surface area (TPSA) is 116 Å². The molecule has 1 aliphatic heterocycles. The van der Waals surface area contributed by atoms with Crippen LogP contribution in [0.25, 0.3) is 0 Å². The molecule has 0 aromatic heterocycles. The van der Waals surface area contributed by atoms with Gasteiger partial charge in [-0.15, -0.1) is 0 Å². The Morgan fingerprint density at radius 2 is 1.79 bits per heavy atom. The van der Waals surface area contributed by atoms with Gasteiger partial charge >= 0.3 is 12.0 Å². The Bertz CT molecular complexity index is 684. The van der Waals surface area contributed by atoms with E-state index in [0.29, 0.717) is 31.5 Å². The first-order valence-electron chi connectivity index (χ1n) is 7.57. The zero-order valence-corrected chi connectivity index (χ0v) is 14.1. The standard InChI is InChI=1S/C15H21N3O5S/c1-24(22,23)17-12-7-9-18(10-8-12)15(21)16-13(14(19)20)11-5-3-2-4-6-11/h2-6,12-13,17H,7-10H2,1H3,(H,16,21)(H,19,20)/t13-/m0/s1. The van der Waals surface area contributed by atoms with Crippen LogP contribution < -0.4 is 10.0 Å². The number of carboxylic acids is 1. The molecular weight excluding hydrogens is 334 g/mol. The van der Waals surface area contributed by atoms with E-state index in [1.807, 2.05) is 0 Å². The number of carbonyl (C=O) groups is 2. The lowest BCUT2D eigenvalue weighted by molar-refractivity contribution is -0.139. The third-order valence-electron chi connectivity index (χ3n) is 3.81. The second-order valence-electron chi connectivity index (χ2n) is 5.78. The predicted molar refractivity (Wildman–Crippen MR) is 87.9 cm³/mol. The van der Waals surface area contributed by atoms with Gasteiger partial charge in [0, 0.05) is 19.1 Å². The fourth-order valence-corrected chi connectivity index (χ4v) is 3.49. The van der Waals surface area contributed by atoms with Crippen LogP contribution in [-0.2, 0) is 14.8 Å². The van der Waals surface area contributed by atoms with E-state index >= 15 is 0 Å². The Labute approximate surface area is 140 Å². The van der Waals surface area contributed by atoms with E-state index in [0.717, 1.165) is 6.26 Å². The summed E-state index contributed by atoms with van der Waals surface area (Å²) >= 11 is 0. The van der Waals surface area contributed by atoms with E-state index in [1.165, 1.54) is 4.90 Å². The number of nitrogens with zero attached hydrogens (tertiary/aromatic N) is 1. The van der Waals surface area contributed by atoms with Crippen LogP contribution in [-0.4, -0.2) is 55.8 Å². The van der Waals surface area contributed by atoms with Gasteiger partial charge in [0.05, 0.1) is 6.26 Å². The van der Waals surface area contributed by atoms with Crippen LogP contribution in [0.15, 0.2) is 30.3 Å². The Kier molecular flexibility index (Phi) is 5.79. The zero-order valence-electron chi connectivity index (χ0n) is 13.3. The monoisotopic (exact) mass is 355 g/mol. The average molecular weight is 355 g/mol. The van der Waals surface area contributed by atoms with Crippen LogP contribution in [0.4, 0.5) is 4.79 Å². The fourth-order valence-electron chi connectivity index (χ4n) is 2.65. The average Bonchev–Trinajstić information content (AvgIpc) is 2.52. The van der Waals surface area contributed by atoms with Gasteiger partial charge in [-0.2, -0.15) is 0 Å². The second-order valence-corrected chi connectivity index (χ2v) is 7.56. The summed E-state index contributed by atoms with van der Waals surface area (Å²) in [6.07, 6.45) is 2.08. The van der Waals surface area contributed by atoms with Crippen LogP contribution in [0.5, 0.6) is 0 Å². The van der Waals surface area contributed by atoms with Crippen molar-refractivity contribution >= 4 is 22.0 Å². The summed E-state index contributed by atoms with van der Waals surface area (Å²) in [5, 5.41) is 11.8. The SMILES string of the molecule is CS(=O)(=O)NC1CCN(C(=O)N[C@H](C(=O)O)c2ccccc2)CC1. The minimum atomic E-state index is -3.27. The lowest BCUT2D eigenvalue weighted by atomic mass is 10.1. The van der Waals surface area contributed by atoms with Crippen LogP contribution in [0.2, 0.25) is 0 Å². The number of rotatable bonds is 5. The molecule has 1 aliphatic rings. The molecule has 0 aliphatic carbocycles. The summed E-state index contributed by atoms with van der Waals surface area (Å²) < 4.78 is 25.0. The molecule has 8 nitrogen and oxygen atoms in total. The maximum absolute atomic E-state index is 12.3. The smallest absolute Gasteiger partial charge is 0.330 e. The summed E-state index contributed by atoms with van der Waals surface area (Å²) in [7, 11) is -3.27. The highest BCUT2D eigenvalue weighted by Crippen LogP contribution is 2.15. The highest BCUT2D eigenvalue weighted by atomic mass is 32.2. The first-order chi connectivity index (χ1) is 11.3. The first-order valence-corrected chi connectivity index (χ1v) is 9.46. The van der Waals surface area contributed by atoms with Gasteiger partial charge in [-0.1, -0.05) is 30.3 Å². The molecule has 2 rings (SSSR count). The quantitative estimate of drug-likeness (QED) is 0.713. The number of hydrogen-bond acceptors (Lipinski definition) is 4. The number of hydrogen-bond donors (Lipinski definition) is 3. The van der Waals surface area contributed by atoms with E-state index in [-0.39, 0.29) is 6.04 Å². The van der Waals surface area contributed by atoms with Gasteiger partial charge in [-0.05, 0) is 18.4 Å². The third-order valence-corrected chi connectivity index (χ3v) is 4.57. The minimum Gasteiger partial charge on any atom is -0.479 e. The van der Waals surface area contributed by atoms with Crippen molar-refractivity contribution in [3.05, 3.63) is 35.9 Å². The molecule has 0 radical (unpaired) electrons. The molecule has 1 heterocycles. The van der Waals surface area contributed by atoms with Gasteiger partial charge in [0.1, 0.15) is 0 Å². The molecule has 0 bridgehead atoms. The van der Waals surface area contributed by atoms with Gasteiger partial charge in [0.2, 0.25) is 10.0 Å². The van der Waals surface area contributed by atoms with Gasteiger partial charge < -0.3 is 15.3 Å². The minimum absolute atomic E-state index is 0.201. The maximum atomic E-state index is 12.3. The van der Waals surface area contributed by atoms with Crippen molar-refractivity contribution < 1.29 is 23.1 Å². The summed E-state index contributed by atoms with van der Waals surface area (Å²) in [5.41, 5.74) is 0.493. The van der Waals surface area contributed by atoms with Crippen molar-refractivity contribution in [1.82, 2.24) is 14.9 Å². The van der Waals surface area contributed by atoms with E-state index in [1.54, 1.807) is 30.3 Å². The van der Waals surface area contributed by atoms with Gasteiger partial charge in [0.15, 0.2) is 6.04 Å². The molecule has 0 unspecified atom stereocenters. The van der Waals surface area contributed by atoms with Crippen molar-refractivity contribution in [3.8, 4) is 0 Å². The Morgan fingerprint density at radius 3 is 2.29 bits per heavy atom. The predicted octanol–water partition coefficient (Wildman–Crippen LogP) is 0.536. The van der Waals surface area contributed by atoms with Crippen LogP contribution >= 0.6 is 0 Å². The molecule has 0 spiro atoms. The van der Waals surface area contributed by atoms with E-state index in [9.17, 15) is 23.1 Å². The summed E-state index contributed by atoms with van der Waals surface area (Å²) in [6, 6.07) is 6.68. The van der Waals surface area contributed by atoms with E-state index < -0.39 is 28.1 Å². The number of likely N-dealkylation sites (tertiary alicyclic amines) is 1. The molecule has 132 valence electrons. The summed E-state index contributed by atoms with van der Waals surface area (Å²) in [5.74, 6) is -1.14. The van der Waals surface area contributed by atoms with Crippen LogP contribution in [0.3, 0.4) is 0 Å². The highest BCUT2D eigenvalue weighted by molar-refractivity contribution is 7.88. The Hall–Kier alpha value is -2.13.